The first kappa shape index (κ1) is 14.9. The van der Waals surface area contributed by atoms with Crippen LogP contribution in [-0.4, -0.2) is 9.70 Å². The minimum Gasteiger partial charge on any atom is -0.343 e. The van der Waals surface area contributed by atoms with Gasteiger partial charge in [-0.1, -0.05) is 58.5 Å². The molecule has 0 heterocycles. The van der Waals surface area contributed by atoms with Gasteiger partial charge in [0.25, 0.3) is 9.70 Å². The van der Waals surface area contributed by atoms with Gasteiger partial charge in [-0.3, -0.25) is 4.79 Å². The highest BCUT2D eigenvalue weighted by Gasteiger charge is 2.35. The van der Waals surface area contributed by atoms with Gasteiger partial charge in [-0.05, 0) is 31.5 Å². The molecule has 0 aliphatic rings. The molecule has 0 fully saturated rings. The molecule has 0 atom stereocenters. The molecule has 1 N–H and O–H groups in total. The van der Waals surface area contributed by atoms with Crippen molar-refractivity contribution in [3.8, 4) is 0 Å². The summed E-state index contributed by atoms with van der Waals surface area (Å²) in [5.41, 5.74) is 0.218. The third kappa shape index (κ3) is 4.22. The summed E-state index contributed by atoms with van der Waals surface area (Å²) < 4.78 is -1.97. The molecule has 6 heteroatoms. The van der Waals surface area contributed by atoms with Crippen LogP contribution in [0.4, 0.5) is 0 Å². The van der Waals surface area contributed by atoms with Crippen LogP contribution in [-0.2, 0) is 10.3 Å². The highest BCUT2D eigenvalue weighted by atomic mass is 35.6. The van der Waals surface area contributed by atoms with Gasteiger partial charge >= 0.3 is 0 Å². The van der Waals surface area contributed by atoms with Gasteiger partial charge in [0.05, 0.1) is 5.54 Å². The Balaban J connectivity index is 2.89. The molecule has 1 aromatic rings. The van der Waals surface area contributed by atoms with E-state index in [1.165, 1.54) is 0 Å². The van der Waals surface area contributed by atoms with Crippen molar-refractivity contribution >= 4 is 52.3 Å². The number of hydrogen-bond donors (Lipinski definition) is 1. The molecule has 1 amide bonds. The molecule has 94 valence electrons. The van der Waals surface area contributed by atoms with Crippen LogP contribution < -0.4 is 5.32 Å². The second-order valence-corrected chi connectivity index (χ2v) is 6.80. The van der Waals surface area contributed by atoms with Crippen LogP contribution in [0.2, 0.25) is 5.02 Å². The first-order valence-corrected chi connectivity index (χ1v) is 6.29. The van der Waals surface area contributed by atoms with E-state index in [9.17, 15) is 4.79 Å². The zero-order valence-electron chi connectivity index (χ0n) is 9.23. The molecular weight excluding hydrogens is 304 g/mol. The Morgan fingerprint density at radius 1 is 1.12 bits per heavy atom. The fourth-order valence-electron chi connectivity index (χ4n) is 1.29. The molecule has 1 aromatic carbocycles. The zero-order valence-corrected chi connectivity index (χ0v) is 12.3. The third-order valence-corrected chi connectivity index (χ3v) is 3.02. The summed E-state index contributed by atoms with van der Waals surface area (Å²) in [4.78, 5) is 11.6. The number of alkyl halides is 3. The molecule has 0 saturated carbocycles. The summed E-state index contributed by atoms with van der Waals surface area (Å²) >= 11 is 22.3. The molecule has 17 heavy (non-hydrogen) atoms. The van der Waals surface area contributed by atoms with Crippen molar-refractivity contribution in [1.82, 2.24) is 5.32 Å². The highest BCUT2D eigenvalue weighted by molar-refractivity contribution is 6.76. The molecule has 2 nitrogen and oxygen atoms in total. The lowest BCUT2D eigenvalue weighted by molar-refractivity contribution is -0.121. The average molecular weight is 315 g/mol. The zero-order chi connectivity index (χ0) is 13.3. The smallest absolute Gasteiger partial charge is 0.272 e. The molecule has 0 unspecified atom stereocenters. The first-order chi connectivity index (χ1) is 7.63. The van der Waals surface area contributed by atoms with Crippen LogP contribution in [0.5, 0.6) is 0 Å². The van der Waals surface area contributed by atoms with Gasteiger partial charge in [0.2, 0.25) is 0 Å². The van der Waals surface area contributed by atoms with Crippen LogP contribution in [0, 0.1) is 0 Å². The van der Waals surface area contributed by atoms with Gasteiger partial charge in [0, 0.05) is 5.02 Å². The topological polar surface area (TPSA) is 29.1 Å². The number of nitrogens with one attached hydrogen (secondary N) is 1. The molecule has 0 bridgehead atoms. The van der Waals surface area contributed by atoms with E-state index < -0.39 is 15.2 Å². The largest absolute Gasteiger partial charge is 0.343 e. The van der Waals surface area contributed by atoms with E-state index in [0.717, 1.165) is 5.56 Å². The normalized spacial score (nSPS) is 12.4. The minimum absolute atomic E-state index is 0.622. The van der Waals surface area contributed by atoms with Crippen molar-refractivity contribution in [2.45, 2.75) is 23.2 Å². The number of rotatable bonds is 2. The molecular formula is C11H11Cl4NO. The number of carbonyl (C=O) groups is 1. The third-order valence-electron chi connectivity index (χ3n) is 2.25. The Hall–Kier alpha value is -0.150. The number of amides is 1. The Kier molecular flexibility index (Phi) is 4.59. The van der Waals surface area contributed by atoms with Crippen molar-refractivity contribution < 1.29 is 4.79 Å². The lowest BCUT2D eigenvalue weighted by Crippen LogP contribution is -2.46. The highest BCUT2D eigenvalue weighted by Crippen LogP contribution is 2.29. The SMILES string of the molecule is CC(C)(NC(=O)C(Cl)(Cl)Cl)c1ccc(Cl)cc1. The minimum atomic E-state index is -1.97. The summed E-state index contributed by atoms with van der Waals surface area (Å²) in [6.07, 6.45) is 0. The van der Waals surface area contributed by atoms with E-state index in [4.69, 9.17) is 46.4 Å². The van der Waals surface area contributed by atoms with E-state index in [1.807, 2.05) is 13.8 Å². The predicted octanol–water partition coefficient (Wildman–Crippen LogP) is 4.06. The Morgan fingerprint density at radius 2 is 1.59 bits per heavy atom. The summed E-state index contributed by atoms with van der Waals surface area (Å²) in [7, 11) is 0. The second kappa shape index (κ2) is 5.23. The van der Waals surface area contributed by atoms with Crippen LogP contribution in [0.3, 0.4) is 0 Å². The Morgan fingerprint density at radius 3 is 2.00 bits per heavy atom. The predicted molar refractivity (Wildman–Crippen MR) is 72.9 cm³/mol. The van der Waals surface area contributed by atoms with Crippen LogP contribution in [0.15, 0.2) is 24.3 Å². The van der Waals surface area contributed by atoms with Crippen molar-refractivity contribution in [2.75, 3.05) is 0 Å². The summed E-state index contributed by atoms with van der Waals surface area (Å²) in [6, 6.07) is 7.09. The average Bonchev–Trinajstić information content (AvgIpc) is 2.16. The van der Waals surface area contributed by atoms with E-state index in [2.05, 4.69) is 5.32 Å². The van der Waals surface area contributed by atoms with E-state index >= 15 is 0 Å². The van der Waals surface area contributed by atoms with E-state index in [0.29, 0.717) is 5.02 Å². The molecule has 1 rings (SSSR count). The maximum absolute atomic E-state index is 11.6. The monoisotopic (exact) mass is 313 g/mol. The van der Waals surface area contributed by atoms with Crippen molar-refractivity contribution in [3.63, 3.8) is 0 Å². The first-order valence-electron chi connectivity index (χ1n) is 4.78. The lowest BCUT2D eigenvalue weighted by atomic mass is 9.94. The summed E-state index contributed by atoms with van der Waals surface area (Å²) in [6.45, 7) is 3.62. The van der Waals surface area contributed by atoms with Gasteiger partial charge in [0.15, 0.2) is 0 Å². The molecule has 0 aromatic heterocycles. The molecule has 0 radical (unpaired) electrons. The van der Waals surface area contributed by atoms with E-state index in [1.54, 1.807) is 24.3 Å². The number of carbonyl (C=O) groups excluding carboxylic acids is 1. The Labute approximate surface area is 120 Å². The second-order valence-electron chi connectivity index (χ2n) is 4.08. The summed E-state index contributed by atoms with van der Waals surface area (Å²) in [5, 5.41) is 3.28. The van der Waals surface area contributed by atoms with Gasteiger partial charge < -0.3 is 5.32 Å². The van der Waals surface area contributed by atoms with Crippen molar-refractivity contribution in [2.24, 2.45) is 0 Å². The van der Waals surface area contributed by atoms with Gasteiger partial charge in [-0.25, -0.2) is 0 Å². The maximum Gasteiger partial charge on any atom is 0.272 e. The van der Waals surface area contributed by atoms with Crippen LogP contribution >= 0.6 is 46.4 Å². The number of hydrogen-bond acceptors (Lipinski definition) is 1. The van der Waals surface area contributed by atoms with Gasteiger partial charge in [-0.2, -0.15) is 0 Å². The fraction of sp³-hybridized carbons (Fsp3) is 0.364. The maximum atomic E-state index is 11.6. The van der Waals surface area contributed by atoms with Gasteiger partial charge in [-0.15, -0.1) is 0 Å². The van der Waals surface area contributed by atoms with E-state index in [-0.39, 0.29) is 0 Å². The molecule has 0 aliphatic heterocycles. The molecule has 0 spiro atoms. The van der Waals surface area contributed by atoms with Gasteiger partial charge in [0.1, 0.15) is 0 Å². The fourth-order valence-corrected chi connectivity index (χ4v) is 1.56. The van der Waals surface area contributed by atoms with Crippen molar-refractivity contribution in [1.29, 1.82) is 0 Å². The van der Waals surface area contributed by atoms with Crippen molar-refractivity contribution in [3.05, 3.63) is 34.9 Å². The van der Waals surface area contributed by atoms with Crippen LogP contribution in [0.25, 0.3) is 0 Å². The molecule has 0 saturated heterocycles. The standard InChI is InChI=1S/C11H11Cl4NO/c1-10(2,16-9(17)11(13,14)15)7-3-5-8(12)6-4-7/h3-6H,1-2H3,(H,16,17). The lowest BCUT2D eigenvalue weighted by Gasteiger charge is -2.28. The quantitative estimate of drug-likeness (QED) is 0.819. The molecule has 0 aliphatic carbocycles. The number of benzene rings is 1. The van der Waals surface area contributed by atoms with Crippen LogP contribution in [0.1, 0.15) is 19.4 Å². The summed E-state index contributed by atoms with van der Waals surface area (Å²) in [5.74, 6) is -0.664. The number of halogens is 4. The Bertz CT molecular complexity index is 408.